The molecule has 2 amide bonds. The summed E-state index contributed by atoms with van der Waals surface area (Å²) in [6.07, 6.45) is 6.07. The molecule has 4 heterocycles. The summed E-state index contributed by atoms with van der Waals surface area (Å²) in [5.74, 6) is 0.776. The summed E-state index contributed by atoms with van der Waals surface area (Å²) in [5, 5.41) is 2.43. The maximum absolute atomic E-state index is 13.9. The molecule has 0 saturated carbocycles. The number of para-hydroxylation sites is 2. The Morgan fingerprint density at radius 3 is 2.07 bits per heavy atom. The zero-order chi connectivity index (χ0) is 28.8. The number of rotatable bonds is 6. The van der Waals surface area contributed by atoms with Crippen LogP contribution in [0.25, 0.3) is 21.8 Å². The molecule has 8 nitrogen and oxygen atoms in total. The number of nitrogens with one attached hydrogen (secondary N) is 2. The summed E-state index contributed by atoms with van der Waals surface area (Å²) in [6.45, 7) is 1.56. The van der Waals surface area contributed by atoms with Crippen molar-refractivity contribution in [3.05, 3.63) is 90.3 Å². The Morgan fingerprint density at radius 2 is 1.48 bits per heavy atom. The molecule has 2 N–H and O–H groups in total. The minimum Gasteiger partial charge on any atom is -0.497 e. The fourth-order valence-corrected chi connectivity index (χ4v) is 7.10. The van der Waals surface area contributed by atoms with Gasteiger partial charge < -0.3 is 29.2 Å². The van der Waals surface area contributed by atoms with Gasteiger partial charge in [-0.1, -0.05) is 36.4 Å². The molecule has 5 aromatic rings. The van der Waals surface area contributed by atoms with E-state index in [1.54, 1.807) is 37.3 Å². The van der Waals surface area contributed by atoms with Crippen LogP contribution < -0.4 is 14.4 Å². The van der Waals surface area contributed by atoms with Gasteiger partial charge >= 0.3 is 0 Å². The number of piperidine rings is 1. The Labute approximate surface area is 244 Å². The Hall–Kier alpha value is -4.72. The lowest BCUT2D eigenvalue weighted by Gasteiger charge is -2.43. The third kappa shape index (κ3) is 4.12. The van der Waals surface area contributed by atoms with Gasteiger partial charge in [-0.3, -0.25) is 9.59 Å². The van der Waals surface area contributed by atoms with E-state index in [2.05, 4.69) is 70.9 Å². The first-order chi connectivity index (χ1) is 20.5. The highest BCUT2D eigenvalue weighted by Crippen LogP contribution is 2.47. The quantitative estimate of drug-likeness (QED) is 0.281. The molecule has 214 valence electrons. The number of likely N-dealkylation sites (tertiary alicyclic amines) is 1. The lowest BCUT2D eigenvalue weighted by molar-refractivity contribution is -0.137. The van der Waals surface area contributed by atoms with Gasteiger partial charge in [-0.05, 0) is 48.2 Å². The zero-order valence-corrected chi connectivity index (χ0v) is 23.9. The summed E-state index contributed by atoms with van der Waals surface area (Å²) in [6, 6.07) is 22.2. The van der Waals surface area contributed by atoms with Crippen molar-refractivity contribution in [2.24, 2.45) is 5.92 Å². The van der Waals surface area contributed by atoms with E-state index >= 15 is 0 Å². The number of amides is 2. The molecule has 42 heavy (non-hydrogen) atoms. The molecule has 8 heteroatoms. The predicted molar refractivity (Wildman–Crippen MR) is 163 cm³/mol. The van der Waals surface area contributed by atoms with Crippen molar-refractivity contribution in [1.29, 1.82) is 0 Å². The highest BCUT2D eigenvalue weighted by Gasteiger charge is 2.44. The second-order valence-electron chi connectivity index (χ2n) is 11.3. The van der Waals surface area contributed by atoms with E-state index in [0.29, 0.717) is 36.8 Å². The van der Waals surface area contributed by atoms with Gasteiger partial charge in [0.15, 0.2) is 0 Å². The number of carbonyl (C=O) groups excluding carboxylic acids is 2. The van der Waals surface area contributed by atoms with Gasteiger partial charge in [-0.2, -0.15) is 0 Å². The van der Waals surface area contributed by atoms with Crippen molar-refractivity contribution in [3.63, 3.8) is 0 Å². The van der Waals surface area contributed by atoms with E-state index in [4.69, 9.17) is 9.47 Å². The third-order valence-corrected chi connectivity index (χ3v) is 9.29. The first kappa shape index (κ1) is 26.2. The summed E-state index contributed by atoms with van der Waals surface area (Å²) in [5.41, 5.74) is 5.13. The minimum atomic E-state index is -0.401. The number of fused-ring (bicyclic) bond motifs is 2. The number of H-pyrrole nitrogens is 2. The van der Waals surface area contributed by atoms with E-state index in [9.17, 15) is 9.59 Å². The Bertz CT molecular complexity index is 1720. The van der Waals surface area contributed by atoms with Crippen LogP contribution in [0.2, 0.25) is 0 Å². The first-order valence-corrected chi connectivity index (χ1v) is 14.5. The fraction of sp³-hybridized carbons (Fsp3) is 0.294. The number of anilines is 1. The van der Waals surface area contributed by atoms with Crippen molar-refractivity contribution in [2.45, 2.75) is 24.7 Å². The maximum Gasteiger partial charge on any atom is 0.228 e. The van der Waals surface area contributed by atoms with Crippen molar-refractivity contribution in [1.82, 2.24) is 14.9 Å². The average molecular weight is 563 g/mol. The monoisotopic (exact) mass is 562 g/mol. The Balaban J connectivity index is 1.17. The summed E-state index contributed by atoms with van der Waals surface area (Å²) in [4.78, 5) is 37.6. The molecule has 3 aromatic carbocycles. The van der Waals surface area contributed by atoms with E-state index in [-0.39, 0.29) is 23.7 Å². The summed E-state index contributed by atoms with van der Waals surface area (Å²) < 4.78 is 10.9. The van der Waals surface area contributed by atoms with Crippen molar-refractivity contribution in [2.75, 3.05) is 38.8 Å². The molecule has 0 bridgehead atoms. The lowest BCUT2D eigenvalue weighted by atomic mass is 9.67. The number of methoxy groups -OCH3 is 2. The van der Waals surface area contributed by atoms with Crippen LogP contribution in [0.3, 0.4) is 0 Å². The number of hydrogen-bond acceptors (Lipinski definition) is 4. The van der Waals surface area contributed by atoms with Crippen molar-refractivity contribution in [3.8, 4) is 11.5 Å². The van der Waals surface area contributed by atoms with Gasteiger partial charge in [0.2, 0.25) is 11.8 Å². The van der Waals surface area contributed by atoms with Crippen molar-refractivity contribution < 1.29 is 19.1 Å². The van der Waals surface area contributed by atoms with Crippen LogP contribution in [-0.4, -0.2) is 60.5 Å². The van der Waals surface area contributed by atoms with E-state index in [1.807, 2.05) is 4.90 Å². The van der Waals surface area contributed by atoms with E-state index < -0.39 is 5.92 Å². The van der Waals surface area contributed by atoms with E-state index in [1.165, 1.54) is 21.9 Å². The number of benzene rings is 3. The molecule has 2 aliphatic heterocycles. The van der Waals surface area contributed by atoms with Crippen LogP contribution in [0.1, 0.15) is 30.4 Å². The second-order valence-corrected chi connectivity index (χ2v) is 11.3. The standard InChI is InChI=1S/C34H34N4O4/c1-41-23-11-12-31(42-2)30(18-23)38-21-22(17-32(38)39)33(40)37-15-13-34(14-16-37,26-19-35-28-9-5-3-7-24(26)28)27-20-36-29-10-6-4-8-25(27)29/h3-12,18-20,22,35-36H,13-17,21H2,1-2H3. The summed E-state index contributed by atoms with van der Waals surface area (Å²) >= 11 is 0. The van der Waals surface area contributed by atoms with E-state index in [0.717, 1.165) is 23.9 Å². The van der Waals surface area contributed by atoms with Crippen LogP contribution in [0.4, 0.5) is 5.69 Å². The molecular weight excluding hydrogens is 528 g/mol. The maximum atomic E-state index is 13.9. The molecule has 2 aliphatic rings. The number of ether oxygens (including phenoxy) is 2. The SMILES string of the molecule is COc1ccc(OC)c(N2CC(C(=O)N3CCC(c4c[nH]c5ccccc45)(c4c[nH]c5ccccc45)CC3)CC2=O)c1. The predicted octanol–water partition coefficient (Wildman–Crippen LogP) is 5.63. The van der Waals surface area contributed by atoms with Crippen molar-refractivity contribution >= 4 is 39.3 Å². The normalized spacial score (nSPS) is 18.6. The molecular formula is C34H34N4O4. The molecule has 1 atom stereocenters. The molecule has 7 rings (SSSR count). The summed E-state index contributed by atoms with van der Waals surface area (Å²) in [7, 11) is 3.17. The molecule has 2 saturated heterocycles. The molecule has 2 aromatic heterocycles. The Morgan fingerprint density at radius 1 is 0.857 bits per heavy atom. The smallest absolute Gasteiger partial charge is 0.228 e. The minimum absolute atomic E-state index is 0.0409. The first-order valence-electron chi connectivity index (χ1n) is 14.5. The molecule has 0 aliphatic carbocycles. The fourth-order valence-electron chi connectivity index (χ4n) is 7.10. The van der Waals surface area contributed by atoms with Crippen LogP contribution in [-0.2, 0) is 15.0 Å². The van der Waals surface area contributed by atoms with Crippen LogP contribution in [0, 0.1) is 5.92 Å². The second kappa shape index (κ2) is 10.3. The van der Waals surface area contributed by atoms with Gasteiger partial charge in [-0.15, -0.1) is 0 Å². The number of nitrogens with zero attached hydrogens (tertiary/aromatic N) is 2. The average Bonchev–Trinajstić information content (AvgIpc) is 3.77. The van der Waals surface area contributed by atoms with Gasteiger partial charge in [0.05, 0.1) is 25.8 Å². The lowest BCUT2D eigenvalue weighted by Crippen LogP contribution is -2.47. The largest absolute Gasteiger partial charge is 0.497 e. The molecule has 0 spiro atoms. The zero-order valence-electron chi connectivity index (χ0n) is 23.9. The highest BCUT2D eigenvalue weighted by molar-refractivity contribution is 6.01. The van der Waals surface area contributed by atoms with Crippen LogP contribution in [0.5, 0.6) is 11.5 Å². The Kier molecular flexibility index (Phi) is 6.41. The van der Waals surface area contributed by atoms with Gasteiger partial charge in [0.25, 0.3) is 0 Å². The molecule has 2 fully saturated rings. The number of hydrogen-bond donors (Lipinski definition) is 2. The van der Waals surface area contributed by atoms with Gasteiger partial charge in [0.1, 0.15) is 11.5 Å². The number of aromatic nitrogens is 2. The number of aromatic amines is 2. The molecule has 0 radical (unpaired) electrons. The number of carbonyl (C=O) groups is 2. The highest BCUT2D eigenvalue weighted by atomic mass is 16.5. The van der Waals surface area contributed by atoms with Crippen LogP contribution in [0.15, 0.2) is 79.1 Å². The topological polar surface area (TPSA) is 90.7 Å². The van der Waals surface area contributed by atoms with Crippen LogP contribution >= 0.6 is 0 Å². The van der Waals surface area contributed by atoms with Gasteiger partial charge in [-0.25, -0.2) is 0 Å². The molecule has 1 unspecified atom stereocenters. The van der Waals surface area contributed by atoms with Gasteiger partial charge in [0, 0.05) is 71.7 Å². The third-order valence-electron chi connectivity index (χ3n) is 9.29.